The molecular formula is C21H22ClN7O2S. The van der Waals surface area contributed by atoms with Crippen LogP contribution < -0.4 is 9.62 Å². The first kappa shape index (κ1) is 20.9. The lowest BCUT2D eigenvalue weighted by atomic mass is 10.1. The fourth-order valence-corrected chi connectivity index (χ4v) is 5.44. The summed E-state index contributed by atoms with van der Waals surface area (Å²) in [6, 6.07) is 7.39. The van der Waals surface area contributed by atoms with E-state index < -0.39 is 10.0 Å². The summed E-state index contributed by atoms with van der Waals surface area (Å²) in [6.07, 6.45) is 9.91. The van der Waals surface area contributed by atoms with Gasteiger partial charge in [0.2, 0.25) is 0 Å². The molecule has 1 saturated heterocycles. The van der Waals surface area contributed by atoms with Crippen LogP contribution in [-0.2, 0) is 17.1 Å². The number of halogens is 1. The summed E-state index contributed by atoms with van der Waals surface area (Å²) in [5, 5.41) is 1.59. The maximum absolute atomic E-state index is 12.7. The molecule has 0 spiro atoms. The summed E-state index contributed by atoms with van der Waals surface area (Å²) in [4.78, 5) is 15.1. The number of fused-ring (bicyclic) bond motifs is 1. The van der Waals surface area contributed by atoms with E-state index in [9.17, 15) is 8.42 Å². The summed E-state index contributed by atoms with van der Waals surface area (Å²) in [6.45, 7) is 1.29. The number of piperidine rings is 1. The van der Waals surface area contributed by atoms with E-state index in [0.717, 1.165) is 41.8 Å². The first-order valence-electron chi connectivity index (χ1n) is 10.2. The molecule has 1 atom stereocenters. The third-order valence-corrected chi connectivity index (χ3v) is 7.18. The zero-order valence-electron chi connectivity index (χ0n) is 17.4. The molecule has 5 rings (SSSR count). The van der Waals surface area contributed by atoms with Crippen molar-refractivity contribution in [3.8, 4) is 5.69 Å². The van der Waals surface area contributed by atoms with Crippen molar-refractivity contribution in [3.05, 3.63) is 60.5 Å². The van der Waals surface area contributed by atoms with E-state index in [2.05, 4.69) is 19.6 Å². The van der Waals surface area contributed by atoms with Gasteiger partial charge in [0.25, 0.3) is 10.0 Å². The fourth-order valence-electron chi connectivity index (χ4n) is 4.04. The Morgan fingerprint density at radius 2 is 2.09 bits per heavy atom. The molecule has 4 aromatic rings. The van der Waals surface area contributed by atoms with E-state index in [4.69, 9.17) is 16.6 Å². The highest BCUT2D eigenvalue weighted by molar-refractivity contribution is 7.89. The van der Waals surface area contributed by atoms with Gasteiger partial charge in [-0.1, -0.05) is 11.6 Å². The first-order valence-corrected chi connectivity index (χ1v) is 12.1. The normalized spacial score (nSPS) is 17.2. The molecule has 1 unspecified atom stereocenters. The average Bonchev–Trinajstić information content (AvgIpc) is 3.45. The van der Waals surface area contributed by atoms with Gasteiger partial charge in [-0.3, -0.25) is 0 Å². The van der Waals surface area contributed by atoms with E-state index in [1.165, 1.54) is 12.5 Å². The first-order chi connectivity index (χ1) is 15.4. The summed E-state index contributed by atoms with van der Waals surface area (Å²) in [5.74, 6) is 0.769. The molecule has 4 heterocycles. The minimum atomic E-state index is -3.69. The van der Waals surface area contributed by atoms with Crippen molar-refractivity contribution in [3.63, 3.8) is 0 Å². The Labute approximate surface area is 190 Å². The van der Waals surface area contributed by atoms with E-state index in [0.29, 0.717) is 11.6 Å². The van der Waals surface area contributed by atoms with E-state index >= 15 is 0 Å². The minimum Gasteiger partial charge on any atom is -0.355 e. The summed E-state index contributed by atoms with van der Waals surface area (Å²) >= 11 is 6.23. The van der Waals surface area contributed by atoms with E-state index in [1.807, 2.05) is 35.0 Å². The van der Waals surface area contributed by atoms with Crippen LogP contribution in [0.1, 0.15) is 12.8 Å². The van der Waals surface area contributed by atoms with Crippen molar-refractivity contribution in [2.75, 3.05) is 18.0 Å². The molecule has 9 nitrogen and oxygen atoms in total. The zero-order chi connectivity index (χ0) is 22.3. The van der Waals surface area contributed by atoms with Gasteiger partial charge < -0.3 is 14.0 Å². The largest absolute Gasteiger partial charge is 0.355 e. The number of pyridine rings is 1. The molecule has 1 aliphatic rings. The van der Waals surface area contributed by atoms with Crippen molar-refractivity contribution in [2.24, 2.45) is 7.05 Å². The van der Waals surface area contributed by atoms with Crippen molar-refractivity contribution in [1.29, 1.82) is 0 Å². The Balaban J connectivity index is 1.46. The number of nitrogens with zero attached hydrogens (tertiary/aromatic N) is 6. The highest BCUT2D eigenvalue weighted by atomic mass is 35.5. The smallest absolute Gasteiger partial charge is 0.259 e. The minimum absolute atomic E-state index is 0.0259. The third kappa shape index (κ3) is 4.08. The Hall–Kier alpha value is -2.95. The van der Waals surface area contributed by atoms with Crippen LogP contribution in [0.5, 0.6) is 0 Å². The number of benzene rings is 1. The molecule has 1 aromatic carbocycles. The van der Waals surface area contributed by atoms with Crippen LogP contribution >= 0.6 is 11.6 Å². The van der Waals surface area contributed by atoms with Gasteiger partial charge in [-0.05, 0) is 31.0 Å². The van der Waals surface area contributed by atoms with Gasteiger partial charge in [-0.15, -0.1) is 0 Å². The maximum Gasteiger partial charge on any atom is 0.259 e. The highest BCUT2D eigenvalue weighted by Crippen LogP contribution is 2.29. The lowest BCUT2D eigenvalue weighted by Crippen LogP contribution is -2.48. The fraction of sp³-hybridized carbons (Fsp3) is 0.286. The molecule has 32 heavy (non-hydrogen) atoms. The number of aryl methyl sites for hydroxylation is 1. The van der Waals surface area contributed by atoms with E-state index in [1.54, 1.807) is 24.1 Å². The third-order valence-electron chi connectivity index (χ3n) is 5.54. The molecule has 0 amide bonds. The van der Waals surface area contributed by atoms with Crippen LogP contribution in [0, 0.1) is 0 Å². The van der Waals surface area contributed by atoms with Crippen LogP contribution in [-0.4, -0.2) is 51.6 Å². The highest BCUT2D eigenvalue weighted by Gasteiger charge is 2.27. The number of hydrogen-bond acceptors (Lipinski definition) is 6. The lowest BCUT2D eigenvalue weighted by Gasteiger charge is -2.34. The predicted octanol–water partition coefficient (Wildman–Crippen LogP) is 2.75. The molecule has 0 radical (unpaired) electrons. The summed E-state index contributed by atoms with van der Waals surface area (Å²) in [7, 11) is -1.95. The predicted molar refractivity (Wildman–Crippen MR) is 123 cm³/mol. The monoisotopic (exact) mass is 471 g/mol. The van der Waals surface area contributed by atoms with Gasteiger partial charge in [-0.25, -0.2) is 28.1 Å². The second-order valence-electron chi connectivity index (χ2n) is 7.91. The van der Waals surface area contributed by atoms with Crippen molar-refractivity contribution in [1.82, 2.24) is 28.8 Å². The number of nitrogens with one attached hydrogen (secondary N) is 1. The second-order valence-corrected chi connectivity index (χ2v) is 10.0. The van der Waals surface area contributed by atoms with Gasteiger partial charge in [0, 0.05) is 61.2 Å². The molecule has 11 heteroatoms. The molecular weight excluding hydrogens is 450 g/mol. The molecule has 1 N–H and O–H groups in total. The maximum atomic E-state index is 12.7. The number of anilines is 1. The van der Waals surface area contributed by atoms with Gasteiger partial charge >= 0.3 is 0 Å². The van der Waals surface area contributed by atoms with Crippen LogP contribution in [0.4, 0.5) is 5.82 Å². The SMILES string of the molecule is Cn1cnc(S(=O)(=O)NC2CCCN(c3cc(-n4ccnc4)c4ccc(Cl)cc4n3)C2)c1. The van der Waals surface area contributed by atoms with Gasteiger partial charge in [-0.2, -0.15) is 0 Å². The number of aromatic nitrogens is 5. The Kier molecular flexibility index (Phi) is 5.36. The second kappa shape index (κ2) is 8.19. The average molecular weight is 472 g/mol. The topological polar surface area (TPSA) is 97.9 Å². The zero-order valence-corrected chi connectivity index (χ0v) is 19.0. The molecule has 1 fully saturated rings. The van der Waals surface area contributed by atoms with Crippen LogP contribution in [0.3, 0.4) is 0 Å². The Bertz CT molecular complexity index is 1370. The molecule has 0 bridgehead atoms. The standard InChI is InChI=1S/C21H22ClN7O2S/c1-27-12-21(24-14-27)32(30,31)26-16-3-2-7-28(11-16)20-10-19(29-8-6-23-13-29)17-5-4-15(22)9-18(17)25-20/h4-6,8-10,12-14,16,26H,2-3,7,11H2,1H3. The number of hydrogen-bond donors (Lipinski definition) is 1. The molecule has 166 valence electrons. The van der Waals surface area contributed by atoms with Crippen molar-refractivity contribution in [2.45, 2.75) is 23.9 Å². The molecule has 0 aliphatic carbocycles. The van der Waals surface area contributed by atoms with Crippen LogP contribution in [0.2, 0.25) is 5.02 Å². The lowest BCUT2D eigenvalue weighted by molar-refractivity contribution is 0.463. The number of sulfonamides is 1. The number of rotatable bonds is 5. The van der Waals surface area contributed by atoms with Crippen LogP contribution in [0.15, 0.2) is 60.5 Å². The quantitative estimate of drug-likeness (QED) is 0.480. The van der Waals surface area contributed by atoms with Crippen LogP contribution in [0.25, 0.3) is 16.6 Å². The van der Waals surface area contributed by atoms with Crippen molar-refractivity contribution < 1.29 is 8.42 Å². The van der Waals surface area contributed by atoms with Gasteiger partial charge in [0.05, 0.1) is 23.9 Å². The molecule has 0 saturated carbocycles. The Morgan fingerprint density at radius 1 is 1.22 bits per heavy atom. The summed E-state index contributed by atoms with van der Waals surface area (Å²) < 4.78 is 31.8. The van der Waals surface area contributed by atoms with Crippen molar-refractivity contribution >= 4 is 38.3 Å². The Morgan fingerprint density at radius 3 is 2.84 bits per heavy atom. The van der Waals surface area contributed by atoms with E-state index in [-0.39, 0.29) is 11.1 Å². The molecule has 3 aromatic heterocycles. The van der Waals surface area contributed by atoms with Gasteiger partial charge in [0.15, 0.2) is 5.03 Å². The number of imidazole rings is 2. The molecule has 1 aliphatic heterocycles. The summed E-state index contributed by atoms with van der Waals surface area (Å²) in [5.41, 5.74) is 1.71. The van der Waals surface area contributed by atoms with Gasteiger partial charge in [0.1, 0.15) is 5.82 Å².